The molecule has 1 heterocycles. The number of nitrogens with zero attached hydrogens (tertiary/aromatic N) is 1. The Bertz CT molecular complexity index is 345. The van der Waals surface area contributed by atoms with E-state index in [1.165, 1.54) is 5.56 Å². The summed E-state index contributed by atoms with van der Waals surface area (Å²) in [5.41, 5.74) is 6.81. The van der Waals surface area contributed by atoms with Crippen LogP contribution >= 0.6 is 11.6 Å². The van der Waals surface area contributed by atoms with E-state index in [2.05, 4.69) is 10.3 Å². The van der Waals surface area contributed by atoms with E-state index >= 15 is 0 Å². The molecule has 3 N–H and O–H groups in total. The average molecular weight is 210 g/mol. The minimum Gasteiger partial charge on any atom is -0.370 e. The fourth-order valence-corrected chi connectivity index (χ4v) is 1.68. The Labute approximate surface area is 88.0 Å². The molecule has 1 aliphatic heterocycles. The molecule has 1 aliphatic rings. The molecule has 0 amide bonds. The molecule has 14 heavy (non-hydrogen) atoms. The van der Waals surface area contributed by atoms with E-state index in [0.29, 0.717) is 5.96 Å². The standard InChI is InChI=1S/C10H12ClN3/c11-8-3-1-7(2-4-8)9-5-6-13-10(12)14-9/h1-4,9H,5-6H2,(H3,12,13,14). The molecule has 2 rings (SSSR count). The maximum atomic E-state index is 5.81. The molecule has 1 aromatic rings. The van der Waals surface area contributed by atoms with Gasteiger partial charge in [0.2, 0.25) is 0 Å². The van der Waals surface area contributed by atoms with Gasteiger partial charge in [-0.1, -0.05) is 23.7 Å². The lowest BCUT2D eigenvalue weighted by atomic mass is 10.0. The first-order valence-corrected chi connectivity index (χ1v) is 4.95. The zero-order valence-electron chi connectivity index (χ0n) is 7.70. The summed E-state index contributed by atoms with van der Waals surface area (Å²) in [5, 5.41) is 3.89. The van der Waals surface area contributed by atoms with Crippen LogP contribution in [0, 0.1) is 0 Å². The molecule has 0 aromatic heterocycles. The number of hydrogen-bond acceptors (Lipinski definition) is 3. The normalized spacial score (nSPS) is 21.2. The van der Waals surface area contributed by atoms with Crippen molar-refractivity contribution in [2.24, 2.45) is 10.7 Å². The molecule has 1 atom stereocenters. The third-order valence-electron chi connectivity index (χ3n) is 2.29. The third kappa shape index (κ3) is 1.99. The van der Waals surface area contributed by atoms with Gasteiger partial charge in [-0.3, -0.25) is 4.99 Å². The van der Waals surface area contributed by atoms with E-state index < -0.39 is 0 Å². The lowest BCUT2D eigenvalue weighted by Crippen LogP contribution is -2.38. The van der Waals surface area contributed by atoms with Gasteiger partial charge < -0.3 is 11.1 Å². The summed E-state index contributed by atoms with van der Waals surface area (Å²) in [5.74, 6) is 0.524. The van der Waals surface area contributed by atoms with Crippen molar-refractivity contribution < 1.29 is 0 Å². The van der Waals surface area contributed by atoms with Crippen molar-refractivity contribution in [3.8, 4) is 0 Å². The highest BCUT2D eigenvalue weighted by atomic mass is 35.5. The van der Waals surface area contributed by atoms with Gasteiger partial charge in [0.05, 0.1) is 6.04 Å². The monoisotopic (exact) mass is 209 g/mol. The number of guanidine groups is 1. The van der Waals surface area contributed by atoms with Crippen LogP contribution in [-0.4, -0.2) is 12.5 Å². The molecule has 1 aromatic carbocycles. The first-order valence-electron chi connectivity index (χ1n) is 4.57. The van der Waals surface area contributed by atoms with E-state index in [9.17, 15) is 0 Å². The van der Waals surface area contributed by atoms with Crippen LogP contribution in [0.5, 0.6) is 0 Å². The molecule has 74 valence electrons. The number of nitrogens with one attached hydrogen (secondary N) is 1. The van der Waals surface area contributed by atoms with E-state index in [0.717, 1.165) is 18.0 Å². The van der Waals surface area contributed by atoms with Gasteiger partial charge in [-0.25, -0.2) is 0 Å². The van der Waals surface area contributed by atoms with E-state index in [-0.39, 0.29) is 6.04 Å². The average Bonchev–Trinajstić information content (AvgIpc) is 2.19. The molecule has 0 saturated heterocycles. The van der Waals surface area contributed by atoms with Crippen molar-refractivity contribution in [1.29, 1.82) is 0 Å². The molecular weight excluding hydrogens is 198 g/mol. The topological polar surface area (TPSA) is 50.4 Å². The predicted molar refractivity (Wildman–Crippen MR) is 58.4 cm³/mol. The number of benzene rings is 1. The Morgan fingerprint density at radius 3 is 2.71 bits per heavy atom. The molecule has 1 unspecified atom stereocenters. The van der Waals surface area contributed by atoms with Crippen molar-refractivity contribution in [1.82, 2.24) is 5.32 Å². The van der Waals surface area contributed by atoms with Crippen LogP contribution in [0.4, 0.5) is 0 Å². The van der Waals surface area contributed by atoms with E-state index in [4.69, 9.17) is 17.3 Å². The van der Waals surface area contributed by atoms with Gasteiger partial charge in [0.1, 0.15) is 0 Å². The first kappa shape index (κ1) is 9.34. The summed E-state index contributed by atoms with van der Waals surface area (Å²) in [6, 6.07) is 8.07. The van der Waals surface area contributed by atoms with E-state index in [1.807, 2.05) is 24.3 Å². The maximum Gasteiger partial charge on any atom is 0.189 e. The van der Waals surface area contributed by atoms with Gasteiger partial charge in [0.15, 0.2) is 5.96 Å². The lowest BCUT2D eigenvalue weighted by molar-refractivity contribution is 0.568. The number of nitrogens with two attached hydrogens (primary N) is 1. The van der Waals surface area contributed by atoms with Gasteiger partial charge in [0.25, 0.3) is 0 Å². The van der Waals surface area contributed by atoms with Gasteiger partial charge >= 0.3 is 0 Å². The van der Waals surface area contributed by atoms with Gasteiger partial charge in [-0.2, -0.15) is 0 Å². The summed E-state index contributed by atoms with van der Waals surface area (Å²) in [4.78, 5) is 4.08. The molecular formula is C10H12ClN3. The van der Waals surface area contributed by atoms with Crippen molar-refractivity contribution in [3.05, 3.63) is 34.9 Å². The largest absolute Gasteiger partial charge is 0.370 e. The maximum absolute atomic E-state index is 5.81. The Morgan fingerprint density at radius 2 is 2.07 bits per heavy atom. The van der Waals surface area contributed by atoms with Crippen LogP contribution < -0.4 is 11.1 Å². The molecule has 4 heteroatoms. The fraction of sp³-hybridized carbons (Fsp3) is 0.300. The van der Waals surface area contributed by atoms with Crippen LogP contribution in [0.25, 0.3) is 0 Å². The SMILES string of the molecule is NC1=NCCC(c2ccc(Cl)cc2)N1. The second-order valence-corrected chi connectivity index (χ2v) is 3.74. The smallest absolute Gasteiger partial charge is 0.189 e. The first-order chi connectivity index (χ1) is 6.75. The second-order valence-electron chi connectivity index (χ2n) is 3.30. The Morgan fingerprint density at radius 1 is 1.36 bits per heavy atom. The van der Waals surface area contributed by atoms with Crippen molar-refractivity contribution in [3.63, 3.8) is 0 Å². The zero-order chi connectivity index (χ0) is 9.97. The van der Waals surface area contributed by atoms with Crippen molar-refractivity contribution >= 4 is 17.6 Å². The summed E-state index contributed by atoms with van der Waals surface area (Å²) in [6.45, 7) is 0.784. The highest BCUT2D eigenvalue weighted by Gasteiger charge is 2.14. The van der Waals surface area contributed by atoms with Crippen LogP contribution in [0.3, 0.4) is 0 Å². The summed E-state index contributed by atoms with van der Waals surface area (Å²) in [6.07, 6.45) is 0.975. The van der Waals surface area contributed by atoms with Crippen LogP contribution in [0.15, 0.2) is 29.3 Å². The van der Waals surface area contributed by atoms with Gasteiger partial charge in [0, 0.05) is 11.6 Å². The van der Waals surface area contributed by atoms with Crippen LogP contribution in [0.1, 0.15) is 18.0 Å². The Kier molecular flexibility index (Phi) is 2.59. The molecule has 0 radical (unpaired) electrons. The van der Waals surface area contributed by atoms with Crippen molar-refractivity contribution in [2.45, 2.75) is 12.5 Å². The zero-order valence-corrected chi connectivity index (χ0v) is 8.46. The lowest BCUT2D eigenvalue weighted by Gasteiger charge is -2.22. The van der Waals surface area contributed by atoms with E-state index in [1.54, 1.807) is 0 Å². The molecule has 0 aliphatic carbocycles. The number of aliphatic imine (C=N–C) groups is 1. The van der Waals surface area contributed by atoms with Gasteiger partial charge in [-0.15, -0.1) is 0 Å². The highest BCUT2D eigenvalue weighted by molar-refractivity contribution is 6.30. The minimum atomic E-state index is 0.268. The summed E-state index contributed by atoms with van der Waals surface area (Å²) in [7, 11) is 0. The van der Waals surface area contributed by atoms with Crippen LogP contribution in [0.2, 0.25) is 5.02 Å². The minimum absolute atomic E-state index is 0.268. The van der Waals surface area contributed by atoms with Gasteiger partial charge in [-0.05, 0) is 24.1 Å². The summed E-state index contributed by atoms with van der Waals surface area (Å²) < 4.78 is 0. The quantitative estimate of drug-likeness (QED) is 0.740. The third-order valence-corrected chi connectivity index (χ3v) is 2.55. The summed E-state index contributed by atoms with van der Waals surface area (Å²) >= 11 is 5.81. The number of halogens is 1. The molecule has 3 nitrogen and oxygen atoms in total. The molecule has 0 saturated carbocycles. The Balaban J connectivity index is 2.16. The molecule has 0 bridgehead atoms. The predicted octanol–water partition coefficient (Wildman–Crippen LogP) is 1.69. The van der Waals surface area contributed by atoms with Crippen LogP contribution in [-0.2, 0) is 0 Å². The molecule has 0 fully saturated rings. The molecule has 0 spiro atoms. The fourth-order valence-electron chi connectivity index (χ4n) is 1.56. The Hall–Kier alpha value is -1.22. The number of hydrogen-bond donors (Lipinski definition) is 2. The highest BCUT2D eigenvalue weighted by Crippen LogP contribution is 2.20. The van der Waals surface area contributed by atoms with Crippen molar-refractivity contribution in [2.75, 3.05) is 6.54 Å². The second kappa shape index (κ2) is 3.88. The number of rotatable bonds is 1.